The van der Waals surface area contributed by atoms with Crippen molar-refractivity contribution in [3.05, 3.63) is 36.4 Å². The van der Waals surface area contributed by atoms with Gasteiger partial charge in [0.15, 0.2) is 0 Å². The molecular weight excluding hydrogens is 290 g/mol. The third-order valence-electron chi connectivity index (χ3n) is 4.65. The number of carbonyl (C=O) groups excluding carboxylic acids is 1. The third kappa shape index (κ3) is 2.91. The first-order chi connectivity index (χ1) is 11.2. The summed E-state index contributed by atoms with van der Waals surface area (Å²) in [5.74, 6) is 0.787. The monoisotopic (exact) mass is 313 g/mol. The van der Waals surface area contributed by atoms with Crippen LogP contribution in [0.5, 0.6) is 5.75 Å². The van der Waals surface area contributed by atoms with Crippen molar-refractivity contribution in [1.29, 1.82) is 0 Å². The van der Waals surface area contributed by atoms with Crippen LogP contribution in [-0.2, 0) is 9.53 Å². The molecule has 2 aromatic carbocycles. The van der Waals surface area contributed by atoms with Gasteiger partial charge in [-0.3, -0.25) is 4.79 Å². The number of fused-ring (bicyclic) bond motifs is 1. The minimum atomic E-state index is -0.681. The van der Waals surface area contributed by atoms with Gasteiger partial charge in [0.25, 0.3) is 5.91 Å². The number of carbonyl (C=O) groups is 1. The van der Waals surface area contributed by atoms with E-state index in [1.165, 1.54) is 0 Å². The van der Waals surface area contributed by atoms with Crippen molar-refractivity contribution >= 4 is 22.4 Å². The molecule has 3 rings (SSSR count). The molecule has 0 atom stereocenters. The normalized spacial score (nSPS) is 16.4. The number of hydrogen-bond donors (Lipinski definition) is 1. The summed E-state index contributed by atoms with van der Waals surface area (Å²) in [6, 6.07) is 11.8. The van der Waals surface area contributed by atoms with E-state index in [-0.39, 0.29) is 5.91 Å². The SMILES string of the molecule is CCOc1ccc(NC(=O)C2(OC)CCCC2)c2ccccc12. The van der Waals surface area contributed by atoms with Crippen LogP contribution in [0.15, 0.2) is 36.4 Å². The highest BCUT2D eigenvalue weighted by Crippen LogP contribution is 2.36. The third-order valence-corrected chi connectivity index (χ3v) is 4.65. The van der Waals surface area contributed by atoms with Crippen molar-refractivity contribution in [3.8, 4) is 5.75 Å². The minimum absolute atomic E-state index is 0.0492. The molecular formula is C19H23NO3. The van der Waals surface area contributed by atoms with Crippen molar-refractivity contribution < 1.29 is 14.3 Å². The molecule has 0 saturated heterocycles. The Labute approximate surface area is 136 Å². The van der Waals surface area contributed by atoms with Gasteiger partial charge >= 0.3 is 0 Å². The second-order valence-corrected chi connectivity index (χ2v) is 5.95. The molecule has 0 aromatic heterocycles. The molecule has 0 aliphatic heterocycles. The Morgan fingerprint density at radius 3 is 2.48 bits per heavy atom. The van der Waals surface area contributed by atoms with Crippen molar-refractivity contribution in [2.75, 3.05) is 19.0 Å². The first-order valence-corrected chi connectivity index (χ1v) is 8.21. The van der Waals surface area contributed by atoms with Gasteiger partial charge in [-0.2, -0.15) is 0 Å². The van der Waals surface area contributed by atoms with Gasteiger partial charge in [0.2, 0.25) is 0 Å². The Morgan fingerprint density at radius 1 is 1.13 bits per heavy atom. The zero-order valence-electron chi connectivity index (χ0n) is 13.7. The largest absolute Gasteiger partial charge is 0.493 e. The molecule has 23 heavy (non-hydrogen) atoms. The number of amides is 1. The lowest BCUT2D eigenvalue weighted by molar-refractivity contribution is -0.136. The highest BCUT2D eigenvalue weighted by molar-refractivity contribution is 6.06. The lowest BCUT2D eigenvalue weighted by Crippen LogP contribution is -2.42. The lowest BCUT2D eigenvalue weighted by Gasteiger charge is -2.26. The average Bonchev–Trinajstić information content (AvgIpc) is 3.07. The number of rotatable bonds is 5. The van der Waals surface area contributed by atoms with Crippen molar-refractivity contribution in [2.45, 2.75) is 38.2 Å². The van der Waals surface area contributed by atoms with Crippen molar-refractivity contribution in [3.63, 3.8) is 0 Å². The molecule has 0 heterocycles. The van der Waals surface area contributed by atoms with Gasteiger partial charge in [-0.15, -0.1) is 0 Å². The summed E-state index contributed by atoms with van der Waals surface area (Å²) in [7, 11) is 1.63. The quantitative estimate of drug-likeness (QED) is 0.902. The average molecular weight is 313 g/mol. The second-order valence-electron chi connectivity index (χ2n) is 5.95. The fourth-order valence-corrected chi connectivity index (χ4v) is 3.37. The predicted octanol–water partition coefficient (Wildman–Crippen LogP) is 4.14. The van der Waals surface area contributed by atoms with E-state index >= 15 is 0 Å². The highest BCUT2D eigenvalue weighted by atomic mass is 16.5. The van der Waals surface area contributed by atoms with Gasteiger partial charge < -0.3 is 14.8 Å². The molecule has 0 radical (unpaired) electrons. The van der Waals surface area contributed by atoms with Crippen LogP contribution < -0.4 is 10.1 Å². The van der Waals surface area contributed by atoms with Gasteiger partial charge in [-0.1, -0.05) is 24.3 Å². The zero-order valence-corrected chi connectivity index (χ0v) is 13.7. The topological polar surface area (TPSA) is 47.6 Å². The molecule has 1 aliphatic rings. The molecule has 0 bridgehead atoms. The Bertz CT molecular complexity index is 705. The van der Waals surface area contributed by atoms with E-state index in [1.54, 1.807) is 7.11 Å². The maximum Gasteiger partial charge on any atom is 0.256 e. The van der Waals surface area contributed by atoms with Gasteiger partial charge in [-0.05, 0) is 44.7 Å². The van der Waals surface area contributed by atoms with E-state index in [0.717, 1.165) is 47.9 Å². The van der Waals surface area contributed by atoms with E-state index in [0.29, 0.717) is 6.61 Å². The number of methoxy groups -OCH3 is 1. The number of nitrogens with one attached hydrogen (secondary N) is 1. The molecule has 122 valence electrons. The maximum absolute atomic E-state index is 12.8. The number of ether oxygens (including phenoxy) is 2. The molecule has 1 saturated carbocycles. The van der Waals surface area contributed by atoms with Crippen LogP contribution in [0.1, 0.15) is 32.6 Å². The Kier molecular flexibility index (Phi) is 4.53. The van der Waals surface area contributed by atoms with Crippen LogP contribution in [0.25, 0.3) is 10.8 Å². The van der Waals surface area contributed by atoms with E-state index in [9.17, 15) is 4.79 Å². The standard InChI is InChI=1S/C19H23NO3/c1-3-23-17-11-10-16(14-8-4-5-9-15(14)17)20-18(21)19(22-2)12-6-7-13-19/h4-5,8-11H,3,6-7,12-13H2,1-2H3,(H,20,21). The number of benzene rings is 2. The van der Waals surface area contributed by atoms with Gasteiger partial charge in [0.1, 0.15) is 11.4 Å². The summed E-state index contributed by atoms with van der Waals surface area (Å²) >= 11 is 0. The Balaban J connectivity index is 1.94. The molecule has 1 amide bonds. The molecule has 1 N–H and O–H groups in total. The molecule has 0 spiro atoms. The summed E-state index contributed by atoms with van der Waals surface area (Å²) in [5.41, 5.74) is 0.122. The first-order valence-electron chi connectivity index (χ1n) is 8.21. The van der Waals surface area contributed by atoms with Crippen LogP contribution in [-0.4, -0.2) is 25.2 Å². The fraction of sp³-hybridized carbons (Fsp3) is 0.421. The van der Waals surface area contributed by atoms with E-state index < -0.39 is 5.60 Å². The van der Waals surface area contributed by atoms with E-state index in [2.05, 4.69) is 5.32 Å². The minimum Gasteiger partial charge on any atom is -0.493 e. The summed E-state index contributed by atoms with van der Waals surface area (Å²) in [4.78, 5) is 12.8. The summed E-state index contributed by atoms with van der Waals surface area (Å²) in [6.07, 6.45) is 3.63. The number of anilines is 1. The first kappa shape index (κ1) is 15.8. The van der Waals surface area contributed by atoms with Gasteiger partial charge in [-0.25, -0.2) is 0 Å². The van der Waals surface area contributed by atoms with Crippen molar-refractivity contribution in [1.82, 2.24) is 0 Å². The zero-order chi connectivity index (χ0) is 16.3. The van der Waals surface area contributed by atoms with E-state index in [4.69, 9.17) is 9.47 Å². The van der Waals surface area contributed by atoms with Crippen LogP contribution >= 0.6 is 0 Å². The van der Waals surface area contributed by atoms with Gasteiger partial charge in [0, 0.05) is 23.6 Å². The molecule has 4 heteroatoms. The second kappa shape index (κ2) is 6.59. The van der Waals surface area contributed by atoms with Crippen LogP contribution in [0.4, 0.5) is 5.69 Å². The highest BCUT2D eigenvalue weighted by Gasteiger charge is 2.41. The van der Waals surface area contributed by atoms with Crippen LogP contribution in [0, 0.1) is 0 Å². The van der Waals surface area contributed by atoms with Gasteiger partial charge in [0.05, 0.1) is 6.61 Å². The molecule has 2 aromatic rings. The lowest BCUT2D eigenvalue weighted by atomic mass is 10.00. The smallest absolute Gasteiger partial charge is 0.256 e. The van der Waals surface area contributed by atoms with Crippen molar-refractivity contribution in [2.24, 2.45) is 0 Å². The molecule has 1 aliphatic carbocycles. The summed E-state index contributed by atoms with van der Waals surface area (Å²) in [6.45, 7) is 2.58. The molecule has 1 fully saturated rings. The Morgan fingerprint density at radius 2 is 1.83 bits per heavy atom. The fourth-order valence-electron chi connectivity index (χ4n) is 3.37. The predicted molar refractivity (Wildman–Crippen MR) is 92.0 cm³/mol. The Hall–Kier alpha value is -2.07. The van der Waals surface area contributed by atoms with Crippen LogP contribution in [0.3, 0.4) is 0 Å². The molecule has 0 unspecified atom stereocenters. The number of hydrogen-bond acceptors (Lipinski definition) is 3. The van der Waals surface area contributed by atoms with Crippen LogP contribution in [0.2, 0.25) is 0 Å². The molecule has 4 nitrogen and oxygen atoms in total. The summed E-state index contributed by atoms with van der Waals surface area (Å²) in [5, 5.41) is 5.06. The van der Waals surface area contributed by atoms with E-state index in [1.807, 2.05) is 43.3 Å². The maximum atomic E-state index is 12.8. The summed E-state index contributed by atoms with van der Waals surface area (Å²) < 4.78 is 11.3.